The molecule has 11 heteroatoms. The van der Waals surface area contributed by atoms with Crippen molar-refractivity contribution in [1.29, 1.82) is 0 Å². The van der Waals surface area contributed by atoms with Crippen molar-refractivity contribution in [2.24, 2.45) is 0 Å². The zero-order valence-electron chi connectivity index (χ0n) is 34.3. The predicted octanol–water partition coefficient (Wildman–Crippen LogP) is 6.89. The van der Waals surface area contributed by atoms with E-state index in [2.05, 4.69) is 24.1 Å². The van der Waals surface area contributed by atoms with E-state index in [1.165, 1.54) is 110 Å². The third-order valence-corrected chi connectivity index (χ3v) is 10.7. The van der Waals surface area contributed by atoms with Gasteiger partial charge in [0.05, 0.1) is 18.8 Å². The van der Waals surface area contributed by atoms with Gasteiger partial charge in [-0.05, 0) is 25.7 Å². The lowest BCUT2D eigenvalue weighted by Gasteiger charge is -2.41. The number of ether oxygens (including phenoxy) is 2. The summed E-state index contributed by atoms with van der Waals surface area (Å²) in [5, 5.41) is 58.9. The number of allylic oxidation sites excluding steroid dienone is 1. The van der Waals surface area contributed by atoms with E-state index in [1.54, 1.807) is 0 Å². The molecule has 318 valence electrons. The smallest absolute Gasteiger partial charge is 0.220 e. The lowest BCUT2D eigenvalue weighted by molar-refractivity contribution is -0.297. The number of hydrogen-bond acceptors (Lipinski definition) is 9. The molecule has 0 aliphatic carbocycles. The number of aliphatic hydroxyl groups excluding tert-OH is 5. The first-order valence-electron chi connectivity index (χ1n) is 21.9. The molecule has 1 fully saturated rings. The monoisotopic (exact) mass is 771 g/mol. The maximum absolute atomic E-state index is 13.0. The number of amides is 2. The number of aliphatic hydroxyl groups is 5. The van der Waals surface area contributed by atoms with E-state index in [1.807, 2.05) is 6.08 Å². The Hall–Kier alpha value is -1.60. The number of hydrogen-bond donors (Lipinski definition) is 7. The topological polar surface area (TPSA) is 178 Å². The van der Waals surface area contributed by atoms with Crippen LogP contribution in [0, 0.1) is 0 Å². The second kappa shape index (κ2) is 33.5. The Morgan fingerprint density at radius 3 is 1.69 bits per heavy atom. The van der Waals surface area contributed by atoms with Crippen LogP contribution < -0.4 is 10.6 Å². The highest BCUT2D eigenvalue weighted by molar-refractivity contribution is 5.76. The highest BCUT2D eigenvalue weighted by Crippen LogP contribution is 2.23. The summed E-state index contributed by atoms with van der Waals surface area (Å²) in [5.74, 6) is -0.621. The van der Waals surface area contributed by atoms with Crippen LogP contribution in [-0.4, -0.2) is 99.5 Å². The van der Waals surface area contributed by atoms with Gasteiger partial charge in [-0.15, -0.1) is 6.58 Å². The molecule has 1 aliphatic heterocycles. The SMILES string of the molecule is C=CCCCCCCCCCCCCCC(=O)N[C@@H](COC1OC(CNC(C)=O)C(O)C(O)C1O)C(O)[C@H](O)CCCCCCCCCCCCCCC. The fourth-order valence-corrected chi connectivity index (χ4v) is 7.15. The standard InChI is InChI=1S/C43H82N2O9/c1-4-6-8-10-12-14-16-18-20-22-24-26-28-30-36(47)39(49)35(33-53-43-42(52)41(51)40(50)37(54-43)32-44-34(3)46)45-38(48)31-29-27-25-23-21-19-17-15-13-11-9-7-5-2/h5,35-37,39-43,47,49-52H,2,4,6-33H2,1,3H3,(H,44,46)(H,45,48)/t35-,36+,37?,39?,40?,41?,42?,43?/m0/s1. The lowest BCUT2D eigenvalue weighted by atomic mass is 9.98. The summed E-state index contributed by atoms with van der Waals surface area (Å²) in [6, 6.07) is -1.00. The molecule has 0 aromatic carbocycles. The molecule has 0 saturated carbocycles. The van der Waals surface area contributed by atoms with E-state index in [0.29, 0.717) is 12.8 Å². The van der Waals surface area contributed by atoms with Crippen LogP contribution >= 0.6 is 0 Å². The number of unbranched alkanes of at least 4 members (excludes halogenated alkanes) is 23. The van der Waals surface area contributed by atoms with Crippen LogP contribution in [0.5, 0.6) is 0 Å². The predicted molar refractivity (Wildman–Crippen MR) is 216 cm³/mol. The molecule has 8 atom stereocenters. The second-order valence-electron chi connectivity index (χ2n) is 15.8. The zero-order chi connectivity index (χ0) is 39.8. The van der Waals surface area contributed by atoms with Crippen molar-refractivity contribution in [3.63, 3.8) is 0 Å². The minimum atomic E-state index is -1.61. The minimum absolute atomic E-state index is 0.114. The lowest BCUT2D eigenvalue weighted by Crippen LogP contribution is -2.61. The van der Waals surface area contributed by atoms with Gasteiger partial charge >= 0.3 is 0 Å². The summed E-state index contributed by atoms with van der Waals surface area (Å²) in [6.45, 7) is 6.90. The third-order valence-electron chi connectivity index (χ3n) is 10.7. The van der Waals surface area contributed by atoms with Gasteiger partial charge in [-0.25, -0.2) is 0 Å². The van der Waals surface area contributed by atoms with Crippen LogP contribution in [0.15, 0.2) is 12.7 Å². The molecule has 0 radical (unpaired) electrons. The van der Waals surface area contributed by atoms with Gasteiger partial charge in [0, 0.05) is 19.9 Å². The average Bonchev–Trinajstić information content (AvgIpc) is 3.15. The van der Waals surface area contributed by atoms with Gasteiger partial charge in [0.1, 0.15) is 30.5 Å². The number of carbonyl (C=O) groups is 2. The van der Waals surface area contributed by atoms with Gasteiger partial charge in [-0.3, -0.25) is 9.59 Å². The van der Waals surface area contributed by atoms with E-state index < -0.39 is 49.0 Å². The van der Waals surface area contributed by atoms with Crippen molar-refractivity contribution in [3.05, 3.63) is 12.7 Å². The van der Waals surface area contributed by atoms with Gasteiger partial charge in [-0.1, -0.05) is 154 Å². The molecule has 0 aromatic rings. The van der Waals surface area contributed by atoms with Gasteiger partial charge in [-0.2, -0.15) is 0 Å². The third kappa shape index (κ3) is 24.8. The first kappa shape index (κ1) is 50.4. The Balaban J connectivity index is 2.54. The summed E-state index contributed by atoms with van der Waals surface area (Å²) in [5.41, 5.74) is 0. The number of carbonyl (C=O) groups excluding carboxylic acids is 2. The molecule has 11 nitrogen and oxygen atoms in total. The first-order chi connectivity index (χ1) is 26.1. The molecule has 1 saturated heterocycles. The van der Waals surface area contributed by atoms with E-state index in [-0.39, 0.29) is 31.4 Å². The van der Waals surface area contributed by atoms with Crippen molar-refractivity contribution in [2.45, 2.75) is 236 Å². The van der Waals surface area contributed by atoms with Crippen molar-refractivity contribution >= 4 is 11.8 Å². The van der Waals surface area contributed by atoms with Crippen LogP contribution in [0.1, 0.15) is 187 Å². The van der Waals surface area contributed by atoms with E-state index in [9.17, 15) is 35.1 Å². The van der Waals surface area contributed by atoms with Gasteiger partial charge < -0.3 is 45.6 Å². The number of nitrogens with one attached hydrogen (secondary N) is 2. The molecule has 0 aromatic heterocycles. The molecular formula is C43H82N2O9. The Bertz CT molecular complexity index is 925. The summed E-state index contributed by atoms with van der Waals surface area (Å²) in [4.78, 5) is 24.4. The van der Waals surface area contributed by atoms with E-state index in [4.69, 9.17) is 9.47 Å². The van der Waals surface area contributed by atoms with Crippen molar-refractivity contribution < 1.29 is 44.6 Å². The molecule has 6 unspecified atom stereocenters. The molecular weight excluding hydrogens is 688 g/mol. The molecule has 0 spiro atoms. The molecule has 2 amide bonds. The molecule has 1 heterocycles. The number of rotatable bonds is 36. The molecule has 1 rings (SSSR count). The van der Waals surface area contributed by atoms with Crippen LogP contribution in [0.2, 0.25) is 0 Å². The molecule has 7 N–H and O–H groups in total. The van der Waals surface area contributed by atoms with Crippen LogP contribution in [0.3, 0.4) is 0 Å². The summed E-state index contributed by atoms with van der Waals surface area (Å²) >= 11 is 0. The summed E-state index contributed by atoms with van der Waals surface area (Å²) < 4.78 is 11.5. The highest BCUT2D eigenvalue weighted by atomic mass is 16.7. The van der Waals surface area contributed by atoms with E-state index >= 15 is 0 Å². The molecule has 0 bridgehead atoms. The Morgan fingerprint density at radius 1 is 0.704 bits per heavy atom. The average molecular weight is 771 g/mol. The maximum atomic E-state index is 13.0. The molecule has 1 aliphatic rings. The van der Waals surface area contributed by atoms with Crippen LogP contribution in [-0.2, 0) is 19.1 Å². The van der Waals surface area contributed by atoms with Crippen LogP contribution in [0.25, 0.3) is 0 Å². The molecule has 54 heavy (non-hydrogen) atoms. The largest absolute Gasteiger partial charge is 0.390 e. The van der Waals surface area contributed by atoms with Crippen LogP contribution in [0.4, 0.5) is 0 Å². The fraction of sp³-hybridized carbons (Fsp3) is 0.907. The van der Waals surface area contributed by atoms with Gasteiger partial charge in [0.2, 0.25) is 11.8 Å². The summed E-state index contributed by atoms with van der Waals surface area (Å²) in [6.07, 6.45) is 22.5. The van der Waals surface area contributed by atoms with Gasteiger partial charge in [0.25, 0.3) is 0 Å². The quantitative estimate of drug-likeness (QED) is 0.0264. The van der Waals surface area contributed by atoms with Crippen molar-refractivity contribution in [3.8, 4) is 0 Å². The summed E-state index contributed by atoms with van der Waals surface area (Å²) in [7, 11) is 0. The van der Waals surface area contributed by atoms with Crippen molar-refractivity contribution in [1.82, 2.24) is 10.6 Å². The van der Waals surface area contributed by atoms with Gasteiger partial charge in [0.15, 0.2) is 6.29 Å². The minimum Gasteiger partial charge on any atom is -0.390 e. The highest BCUT2D eigenvalue weighted by Gasteiger charge is 2.44. The fourth-order valence-electron chi connectivity index (χ4n) is 7.15. The first-order valence-corrected chi connectivity index (χ1v) is 21.9. The Kier molecular flexibility index (Phi) is 31.3. The second-order valence-corrected chi connectivity index (χ2v) is 15.8. The van der Waals surface area contributed by atoms with Crippen molar-refractivity contribution in [2.75, 3.05) is 13.2 Å². The Morgan fingerprint density at radius 2 is 1.19 bits per heavy atom. The zero-order valence-corrected chi connectivity index (χ0v) is 34.3. The normalized spacial score (nSPS) is 21.7. The maximum Gasteiger partial charge on any atom is 0.220 e. The Labute approximate surface area is 328 Å². The van der Waals surface area contributed by atoms with E-state index in [0.717, 1.165) is 51.4 Å².